The molecule has 4 aliphatic carbocycles. The van der Waals surface area contributed by atoms with Crippen molar-refractivity contribution in [3.8, 4) is 0 Å². The molecular formula is C26H44O3. The maximum atomic E-state index is 12.7. The van der Waals surface area contributed by atoms with E-state index in [1.165, 1.54) is 44.9 Å². The van der Waals surface area contributed by atoms with Gasteiger partial charge in [0.05, 0.1) is 19.1 Å². The van der Waals surface area contributed by atoms with Crippen LogP contribution in [0.3, 0.4) is 0 Å². The molecule has 4 fully saturated rings. The fourth-order valence-electron chi connectivity index (χ4n) is 9.00. The van der Waals surface area contributed by atoms with Crippen molar-refractivity contribution in [1.82, 2.24) is 0 Å². The number of aliphatic hydroxyl groups is 1. The third-order valence-corrected chi connectivity index (χ3v) is 10.6. The van der Waals surface area contributed by atoms with Gasteiger partial charge in [-0.15, -0.1) is 0 Å². The zero-order chi connectivity index (χ0) is 20.8. The summed E-state index contributed by atoms with van der Waals surface area (Å²) in [5.74, 6) is 3.82. The van der Waals surface area contributed by atoms with Crippen LogP contribution in [0.15, 0.2) is 0 Å². The van der Waals surface area contributed by atoms with E-state index in [4.69, 9.17) is 4.74 Å². The highest BCUT2D eigenvalue weighted by molar-refractivity contribution is 5.72. The topological polar surface area (TPSA) is 46.5 Å². The maximum absolute atomic E-state index is 12.7. The predicted molar refractivity (Wildman–Crippen MR) is 116 cm³/mol. The zero-order valence-electron chi connectivity index (χ0n) is 19.3. The van der Waals surface area contributed by atoms with Gasteiger partial charge in [0.2, 0.25) is 0 Å². The van der Waals surface area contributed by atoms with E-state index in [-0.39, 0.29) is 18.0 Å². The summed E-state index contributed by atoms with van der Waals surface area (Å²) in [6, 6.07) is 0. The Bertz CT molecular complexity index is 603. The number of unbranched alkanes of at least 4 members (excludes halogenated alkanes) is 1. The molecule has 9 atom stereocenters. The van der Waals surface area contributed by atoms with Crippen LogP contribution in [0.2, 0.25) is 0 Å². The molecule has 166 valence electrons. The second kappa shape index (κ2) is 8.17. The van der Waals surface area contributed by atoms with Crippen molar-refractivity contribution >= 4 is 5.97 Å². The Kier molecular flexibility index (Phi) is 6.10. The lowest BCUT2D eigenvalue weighted by Crippen LogP contribution is -2.54. The molecule has 3 heteroatoms. The Morgan fingerprint density at radius 2 is 1.76 bits per heavy atom. The number of esters is 1. The SMILES string of the molecule is CCCC[C@@H](C(=O)OC)[C@H]1CC[C@H]2[C@@H]3CC[C@H]4C[C@@H](O)CC[C@]4(C)[C@H]3CC[C@]12C. The van der Waals surface area contributed by atoms with E-state index in [1.807, 2.05) is 0 Å². The molecule has 0 aromatic heterocycles. The fourth-order valence-corrected chi connectivity index (χ4v) is 9.00. The molecule has 4 aliphatic rings. The number of ether oxygens (including phenoxy) is 1. The fraction of sp³-hybridized carbons (Fsp3) is 0.962. The van der Waals surface area contributed by atoms with Crippen LogP contribution in [0.5, 0.6) is 0 Å². The molecule has 0 amide bonds. The van der Waals surface area contributed by atoms with E-state index >= 15 is 0 Å². The van der Waals surface area contributed by atoms with E-state index in [0.29, 0.717) is 16.7 Å². The molecule has 1 N–H and O–H groups in total. The molecule has 0 aromatic carbocycles. The lowest BCUT2D eigenvalue weighted by molar-refractivity contribution is -0.154. The van der Waals surface area contributed by atoms with E-state index in [9.17, 15) is 9.90 Å². The number of methoxy groups -OCH3 is 1. The van der Waals surface area contributed by atoms with Crippen LogP contribution in [0.4, 0.5) is 0 Å². The van der Waals surface area contributed by atoms with Gasteiger partial charge in [-0.25, -0.2) is 0 Å². The molecule has 0 saturated heterocycles. The smallest absolute Gasteiger partial charge is 0.308 e. The van der Waals surface area contributed by atoms with Crippen molar-refractivity contribution < 1.29 is 14.6 Å². The highest BCUT2D eigenvalue weighted by atomic mass is 16.5. The number of carbonyl (C=O) groups excluding carboxylic acids is 1. The average Bonchev–Trinajstić information content (AvgIpc) is 3.06. The molecule has 0 radical (unpaired) electrons. The minimum Gasteiger partial charge on any atom is -0.469 e. The highest BCUT2D eigenvalue weighted by Crippen LogP contribution is 2.68. The van der Waals surface area contributed by atoms with Gasteiger partial charge in [0.25, 0.3) is 0 Å². The van der Waals surface area contributed by atoms with Gasteiger partial charge in [0.15, 0.2) is 0 Å². The summed E-state index contributed by atoms with van der Waals surface area (Å²) in [6.07, 6.45) is 14.3. The first-order valence-electron chi connectivity index (χ1n) is 12.6. The lowest BCUT2D eigenvalue weighted by atomic mass is 9.44. The quantitative estimate of drug-likeness (QED) is 0.573. The van der Waals surface area contributed by atoms with Gasteiger partial charge in [-0.05, 0) is 105 Å². The molecule has 29 heavy (non-hydrogen) atoms. The van der Waals surface area contributed by atoms with Gasteiger partial charge in [-0.1, -0.05) is 33.6 Å². The van der Waals surface area contributed by atoms with Gasteiger partial charge in [-0.3, -0.25) is 4.79 Å². The summed E-state index contributed by atoms with van der Waals surface area (Å²) < 4.78 is 5.29. The molecule has 0 unspecified atom stereocenters. The van der Waals surface area contributed by atoms with Gasteiger partial charge in [-0.2, -0.15) is 0 Å². The zero-order valence-corrected chi connectivity index (χ0v) is 19.3. The summed E-state index contributed by atoms with van der Waals surface area (Å²) in [5.41, 5.74) is 0.747. The number of aliphatic hydroxyl groups excluding tert-OH is 1. The standard InChI is InChI=1S/C26H44O3/c1-5-6-7-20(24(28)29-4)22-11-10-21-19-9-8-17-16-18(27)12-14-25(17,2)23(19)13-15-26(21,22)3/h17-23,27H,5-16H2,1-4H3/t17-,18-,19-,20+,21-,22+,23-,25-,26-/m0/s1. The normalized spacial score (nSPS) is 47.6. The van der Waals surface area contributed by atoms with Crippen LogP contribution in [0.1, 0.15) is 97.8 Å². The van der Waals surface area contributed by atoms with Crippen LogP contribution in [-0.4, -0.2) is 24.3 Å². The van der Waals surface area contributed by atoms with Gasteiger partial charge in [0, 0.05) is 0 Å². The Morgan fingerprint density at radius 3 is 2.48 bits per heavy atom. The molecular weight excluding hydrogens is 360 g/mol. The minimum atomic E-state index is -0.0614. The van der Waals surface area contributed by atoms with E-state index in [1.54, 1.807) is 7.11 Å². The Labute approximate surface area is 178 Å². The first kappa shape index (κ1) is 21.7. The third-order valence-electron chi connectivity index (χ3n) is 10.6. The van der Waals surface area contributed by atoms with E-state index in [2.05, 4.69) is 20.8 Å². The Balaban J connectivity index is 1.56. The summed E-state index contributed by atoms with van der Waals surface area (Å²) >= 11 is 0. The first-order valence-corrected chi connectivity index (χ1v) is 12.6. The van der Waals surface area contributed by atoms with Crippen molar-refractivity contribution in [3.63, 3.8) is 0 Å². The molecule has 4 saturated carbocycles. The van der Waals surface area contributed by atoms with Crippen LogP contribution in [-0.2, 0) is 9.53 Å². The van der Waals surface area contributed by atoms with Gasteiger partial charge < -0.3 is 9.84 Å². The van der Waals surface area contributed by atoms with Crippen LogP contribution in [0.25, 0.3) is 0 Å². The third kappa shape index (κ3) is 3.48. The van der Waals surface area contributed by atoms with Gasteiger partial charge in [0.1, 0.15) is 0 Å². The number of hydrogen-bond acceptors (Lipinski definition) is 3. The van der Waals surface area contributed by atoms with E-state index in [0.717, 1.165) is 55.8 Å². The lowest BCUT2D eigenvalue weighted by Gasteiger charge is -2.61. The van der Waals surface area contributed by atoms with Gasteiger partial charge >= 0.3 is 5.97 Å². The molecule has 4 rings (SSSR count). The van der Waals surface area contributed by atoms with Crippen LogP contribution >= 0.6 is 0 Å². The minimum absolute atomic E-state index is 0.0457. The summed E-state index contributed by atoms with van der Waals surface area (Å²) in [4.78, 5) is 12.7. The summed E-state index contributed by atoms with van der Waals surface area (Å²) in [6.45, 7) is 7.32. The molecule has 0 aliphatic heterocycles. The van der Waals surface area contributed by atoms with Crippen molar-refractivity contribution in [2.75, 3.05) is 7.11 Å². The summed E-state index contributed by atoms with van der Waals surface area (Å²) in [7, 11) is 1.58. The van der Waals surface area contributed by atoms with Crippen molar-refractivity contribution in [1.29, 1.82) is 0 Å². The maximum Gasteiger partial charge on any atom is 0.308 e. The number of fused-ring (bicyclic) bond motifs is 5. The number of carbonyl (C=O) groups is 1. The highest BCUT2D eigenvalue weighted by Gasteiger charge is 2.61. The Hall–Kier alpha value is -0.570. The second-order valence-electron chi connectivity index (χ2n) is 11.6. The van der Waals surface area contributed by atoms with Crippen molar-refractivity contribution in [2.24, 2.45) is 46.3 Å². The Morgan fingerprint density at radius 1 is 1.03 bits per heavy atom. The largest absolute Gasteiger partial charge is 0.469 e. The van der Waals surface area contributed by atoms with Crippen LogP contribution in [0, 0.1) is 46.3 Å². The van der Waals surface area contributed by atoms with Crippen molar-refractivity contribution in [2.45, 2.75) is 104 Å². The van der Waals surface area contributed by atoms with Crippen molar-refractivity contribution in [3.05, 3.63) is 0 Å². The molecule has 0 bridgehead atoms. The molecule has 3 nitrogen and oxygen atoms in total. The number of rotatable bonds is 5. The summed E-state index contributed by atoms with van der Waals surface area (Å²) in [5, 5.41) is 10.2. The van der Waals surface area contributed by atoms with Crippen LogP contribution < -0.4 is 0 Å². The first-order chi connectivity index (χ1) is 13.8. The van der Waals surface area contributed by atoms with E-state index < -0.39 is 0 Å². The average molecular weight is 405 g/mol. The second-order valence-corrected chi connectivity index (χ2v) is 11.6. The number of hydrogen-bond donors (Lipinski definition) is 1. The monoisotopic (exact) mass is 404 g/mol. The molecule has 0 aromatic rings. The molecule has 0 spiro atoms. The predicted octanol–water partition coefficient (Wildman–Crippen LogP) is 5.99. The molecule has 0 heterocycles.